The second-order valence-electron chi connectivity index (χ2n) is 6.74. The van der Waals surface area contributed by atoms with E-state index < -0.39 is 0 Å². The second kappa shape index (κ2) is 9.83. The Morgan fingerprint density at radius 2 is 1.77 bits per heavy atom. The van der Waals surface area contributed by atoms with Gasteiger partial charge in [0.05, 0.1) is 0 Å². The van der Waals surface area contributed by atoms with Crippen LogP contribution in [0.1, 0.15) is 29.9 Å². The highest BCUT2D eigenvalue weighted by Crippen LogP contribution is 2.21. The number of piperidine rings is 1. The fourth-order valence-corrected chi connectivity index (χ4v) is 3.49. The summed E-state index contributed by atoms with van der Waals surface area (Å²) in [6.07, 6.45) is 2.34. The molecular weight excluding hydrogens is 344 g/mol. The van der Waals surface area contributed by atoms with E-state index in [-0.39, 0.29) is 5.92 Å². The van der Waals surface area contributed by atoms with Crippen LogP contribution in [0.15, 0.2) is 54.6 Å². The molecule has 1 unspecified atom stereocenters. The van der Waals surface area contributed by atoms with Gasteiger partial charge in [-0.3, -0.25) is 0 Å². The Labute approximate surface area is 160 Å². The highest BCUT2D eigenvalue weighted by molar-refractivity contribution is 6.30. The maximum atomic E-state index is 8.71. The summed E-state index contributed by atoms with van der Waals surface area (Å²) in [4.78, 5) is 0. The minimum atomic E-state index is 0.00666. The molecule has 26 heavy (non-hydrogen) atoms. The molecule has 2 aromatic rings. The summed E-state index contributed by atoms with van der Waals surface area (Å²) in [5.41, 5.74) is 2.68. The summed E-state index contributed by atoms with van der Waals surface area (Å²) < 4.78 is 0. The van der Waals surface area contributed by atoms with E-state index >= 15 is 0 Å². The van der Waals surface area contributed by atoms with Gasteiger partial charge in [-0.05, 0) is 49.2 Å². The van der Waals surface area contributed by atoms with Crippen LogP contribution in [0.2, 0.25) is 5.02 Å². The van der Waals surface area contributed by atoms with Crippen LogP contribution in [0.4, 0.5) is 0 Å². The Morgan fingerprint density at radius 3 is 2.46 bits per heavy atom. The van der Waals surface area contributed by atoms with E-state index in [4.69, 9.17) is 17.0 Å². The third-order valence-corrected chi connectivity index (χ3v) is 5.16. The zero-order valence-electron chi connectivity index (χ0n) is 15.0. The molecule has 4 N–H and O–H groups in total. The molecule has 1 aliphatic heterocycles. The molecule has 1 heterocycles. The van der Waals surface area contributed by atoms with Crippen LogP contribution in [0.3, 0.4) is 0 Å². The average Bonchev–Trinajstić information content (AvgIpc) is 2.69. The number of hydrogen-bond acceptors (Lipinski definition) is 4. The van der Waals surface area contributed by atoms with Crippen LogP contribution in [-0.4, -0.2) is 38.1 Å². The lowest BCUT2D eigenvalue weighted by Gasteiger charge is -2.25. The standard InChI is InChI=1S/C21H27ClN4/c22-18-8-6-17(7-9-18)21(23)20(16-4-2-1-3-5-16)14-25-15-26-19-10-12-24-13-11-19/h1-9,19-20,23-26H,10-15H2. The Kier molecular flexibility index (Phi) is 7.21. The summed E-state index contributed by atoms with van der Waals surface area (Å²) in [5.74, 6) is 0.00666. The van der Waals surface area contributed by atoms with E-state index in [1.54, 1.807) is 0 Å². The number of benzene rings is 2. The lowest BCUT2D eigenvalue weighted by atomic mass is 9.90. The molecule has 0 radical (unpaired) electrons. The van der Waals surface area contributed by atoms with E-state index in [0.717, 1.165) is 37.4 Å². The highest BCUT2D eigenvalue weighted by atomic mass is 35.5. The van der Waals surface area contributed by atoms with Gasteiger partial charge < -0.3 is 21.4 Å². The minimum absolute atomic E-state index is 0.00666. The first-order valence-electron chi connectivity index (χ1n) is 9.28. The van der Waals surface area contributed by atoms with E-state index in [1.165, 1.54) is 12.8 Å². The van der Waals surface area contributed by atoms with Crippen LogP contribution in [0, 0.1) is 5.41 Å². The van der Waals surface area contributed by atoms with Gasteiger partial charge in [-0.15, -0.1) is 0 Å². The highest BCUT2D eigenvalue weighted by Gasteiger charge is 2.19. The third-order valence-electron chi connectivity index (χ3n) is 4.91. The summed E-state index contributed by atoms with van der Waals surface area (Å²) in [6.45, 7) is 3.67. The van der Waals surface area contributed by atoms with E-state index in [1.807, 2.05) is 42.5 Å². The first kappa shape index (κ1) is 19.1. The predicted molar refractivity (Wildman–Crippen MR) is 109 cm³/mol. The van der Waals surface area contributed by atoms with Crippen molar-refractivity contribution >= 4 is 17.3 Å². The molecule has 0 spiro atoms. The van der Waals surface area contributed by atoms with Crippen molar-refractivity contribution in [2.75, 3.05) is 26.3 Å². The fourth-order valence-electron chi connectivity index (χ4n) is 3.36. The molecule has 0 amide bonds. The largest absolute Gasteiger partial charge is 0.317 e. The van der Waals surface area contributed by atoms with Gasteiger partial charge in [0.15, 0.2) is 0 Å². The van der Waals surface area contributed by atoms with Crippen molar-refractivity contribution in [2.24, 2.45) is 0 Å². The lowest BCUT2D eigenvalue weighted by Crippen LogP contribution is -2.44. The maximum absolute atomic E-state index is 8.71. The SMILES string of the molecule is N=C(c1ccc(Cl)cc1)C(CNCNC1CCNCC1)c1ccccc1. The zero-order valence-corrected chi connectivity index (χ0v) is 15.7. The van der Waals surface area contributed by atoms with Gasteiger partial charge in [0.2, 0.25) is 0 Å². The van der Waals surface area contributed by atoms with Gasteiger partial charge in [0.1, 0.15) is 0 Å². The molecule has 0 saturated carbocycles. The monoisotopic (exact) mass is 370 g/mol. The molecule has 0 aromatic heterocycles. The van der Waals surface area contributed by atoms with Gasteiger partial charge in [-0.2, -0.15) is 0 Å². The van der Waals surface area contributed by atoms with Gasteiger partial charge in [-0.1, -0.05) is 54.1 Å². The van der Waals surface area contributed by atoms with E-state index in [2.05, 4.69) is 28.1 Å². The van der Waals surface area contributed by atoms with Crippen molar-refractivity contribution in [1.82, 2.24) is 16.0 Å². The van der Waals surface area contributed by atoms with Crippen molar-refractivity contribution in [1.29, 1.82) is 5.41 Å². The van der Waals surface area contributed by atoms with Gasteiger partial charge >= 0.3 is 0 Å². The molecule has 1 saturated heterocycles. The third kappa shape index (κ3) is 5.39. The second-order valence-corrected chi connectivity index (χ2v) is 7.18. The van der Waals surface area contributed by atoms with Crippen molar-refractivity contribution in [3.8, 4) is 0 Å². The van der Waals surface area contributed by atoms with Crippen LogP contribution in [0.5, 0.6) is 0 Å². The van der Waals surface area contributed by atoms with Gasteiger partial charge in [-0.25, -0.2) is 0 Å². The lowest BCUT2D eigenvalue weighted by molar-refractivity contribution is 0.376. The molecule has 1 aliphatic rings. The average molecular weight is 371 g/mol. The zero-order chi connectivity index (χ0) is 18.2. The summed E-state index contributed by atoms with van der Waals surface area (Å²) in [5, 5.41) is 19.9. The van der Waals surface area contributed by atoms with Crippen molar-refractivity contribution in [3.05, 3.63) is 70.7 Å². The fraction of sp³-hybridized carbons (Fsp3) is 0.381. The summed E-state index contributed by atoms with van der Waals surface area (Å²) >= 11 is 5.99. The van der Waals surface area contributed by atoms with E-state index in [0.29, 0.717) is 16.8 Å². The van der Waals surface area contributed by atoms with Gasteiger partial charge in [0.25, 0.3) is 0 Å². The number of halogens is 1. The Balaban J connectivity index is 1.62. The quantitative estimate of drug-likeness (QED) is 0.327. The smallest absolute Gasteiger partial charge is 0.0473 e. The molecule has 0 aliphatic carbocycles. The van der Waals surface area contributed by atoms with E-state index in [9.17, 15) is 0 Å². The molecule has 0 bridgehead atoms. The van der Waals surface area contributed by atoms with Crippen LogP contribution >= 0.6 is 11.6 Å². The molecule has 1 fully saturated rings. The van der Waals surface area contributed by atoms with Crippen molar-refractivity contribution in [3.63, 3.8) is 0 Å². The Hall–Kier alpha value is -1.72. The number of rotatable bonds is 8. The van der Waals surface area contributed by atoms with Crippen LogP contribution < -0.4 is 16.0 Å². The molecule has 1 atom stereocenters. The Bertz CT molecular complexity index is 681. The molecule has 4 nitrogen and oxygen atoms in total. The van der Waals surface area contributed by atoms with Crippen molar-refractivity contribution < 1.29 is 0 Å². The Morgan fingerprint density at radius 1 is 1.08 bits per heavy atom. The molecule has 5 heteroatoms. The summed E-state index contributed by atoms with van der Waals surface area (Å²) in [7, 11) is 0. The first-order chi connectivity index (χ1) is 12.7. The summed E-state index contributed by atoms with van der Waals surface area (Å²) in [6, 6.07) is 18.4. The predicted octanol–water partition coefficient (Wildman–Crippen LogP) is 3.38. The van der Waals surface area contributed by atoms with Crippen molar-refractivity contribution in [2.45, 2.75) is 24.8 Å². The number of nitrogens with one attached hydrogen (secondary N) is 4. The van der Waals surface area contributed by atoms with Crippen LogP contribution in [-0.2, 0) is 0 Å². The normalized spacial score (nSPS) is 16.3. The van der Waals surface area contributed by atoms with Crippen LogP contribution in [0.25, 0.3) is 0 Å². The molecule has 3 rings (SSSR count). The molecular formula is C21H27ClN4. The van der Waals surface area contributed by atoms with Gasteiger partial charge in [0, 0.05) is 35.9 Å². The number of hydrogen-bond donors (Lipinski definition) is 4. The topological polar surface area (TPSA) is 59.9 Å². The first-order valence-corrected chi connectivity index (χ1v) is 9.66. The minimum Gasteiger partial charge on any atom is -0.317 e. The molecule has 2 aromatic carbocycles. The molecule has 138 valence electrons. The maximum Gasteiger partial charge on any atom is 0.0473 e.